The van der Waals surface area contributed by atoms with E-state index in [-0.39, 0.29) is 12.5 Å². The molecule has 7 nitrogen and oxygen atoms in total. The van der Waals surface area contributed by atoms with Crippen LogP contribution in [0.3, 0.4) is 0 Å². The number of anilines is 1. The second-order valence-corrected chi connectivity index (χ2v) is 7.38. The smallest absolute Gasteiger partial charge is 0.336 e. The third-order valence-electron chi connectivity index (χ3n) is 4.47. The fourth-order valence-corrected chi connectivity index (χ4v) is 4.07. The fourth-order valence-electron chi connectivity index (χ4n) is 3.01. The number of hydrogen-bond acceptors (Lipinski definition) is 7. The second-order valence-electron chi connectivity index (χ2n) is 6.30. The Morgan fingerprint density at radius 1 is 1.37 bits per heavy atom. The molecule has 0 radical (unpaired) electrons. The quantitative estimate of drug-likeness (QED) is 0.680. The van der Waals surface area contributed by atoms with Gasteiger partial charge in [0.2, 0.25) is 0 Å². The van der Waals surface area contributed by atoms with Crippen molar-refractivity contribution in [2.75, 3.05) is 25.0 Å². The number of amides is 1. The number of hydrogen-bond donors (Lipinski definition) is 1. The van der Waals surface area contributed by atoms with Gasteiger partial charge in [-0.2, -0.15) is 0 Å². The SMILES string of the molecule is CCN1CCc2nc(NC(=O)COc3ccc4ccc(=O)oc4c3)sc2C1. The van der Waals surface area contributed by atoms with Crippen molar-refractivity contribution in [1.82, 2.24) is 9.88 Å². The van der Waals surface area contributed by atoms with E-state index in [0.717, 1.165) is 37.1 Å². The van der Waals surface area contributed by atoms with Gasteiger partial charge >= 0.3 is 5.63 Å². The Kier molecular flexibility index (Phi) is 4.91. The van der Waals surface area contributed by atoms with Gasteiger partial charge in [-0.25, -0.2) is 9.78 Å². The minimum absolute atomic E-state index is 0.145. The summed E-state index contributed by atoms with van der Waals surface area (Å²) in [6.45, 7) is 4.90. The number of likely N-dealkylation sites (N-methyl/N-ethyl adjacent to an activating group) is 1. The lowest BCUT2D eigenvalue weighted by Gasteiger charge is -2.23. The summed E-state index contributed by atoms with van der Waals surface area (Å²) in [6, 6.07) is 8.16. The van der Waals surface area contributed by atoms with Crippen LogP contribution < -0.4 is 15.7 Å². The third-order valence-corrected chi connectivity index (χ3v) is 5.47. The molecule has 8 heteroatoms. The summed E-state index contributed by atoms with van der Waals surface area (Å²) >= 11 is 1.52. The first-order chi connectivity index (χ1) is 13.1. The maximum absolute atomic E-state index is 12.2. The number of ether oxygens (including phenoxy) is 1. The van der Waals surface area contributed by atoms with Crippen LogP contribution in [-0.4, -0.2) is 35.5 Å². The molecule has 1 aliphatic rings. The molecule has 1 aliphatic heterocycles. The minimum atomic E-state index is -0.424. The number of nitrogens with zero attached hydrogens (tertiary/aromatic N) is 2. The van der Waals surface area contributed by atoms with Crippen molar-refractivity contribution in [3.63, 3.8) is 0 Å². The molecule has 0 bridgehead atoms. The van der Waals surface area contributed by atoms with Gasteiger partial charge in [0, 0.05) is 41.9 Å². The molecule has 3 heterocycles. The normalized spacial score (nSPS) is 14.1. The maximum atomic E-state index is 12.2. The van der Waals surface area contributed by atoms with Crippen LogP contribution in [0.4, 0.5) is 5.13 Å². The number of nitrogens with one attached hydrogen (secondary N) is 1. The average molecular weight is 385 g/mol. The number of carbonyl (C=O) groups is 1. The van der Waals surface area contributed by atoms with E-state index in [9.17, 15) is 9.59 Å². The molecule has 0 saturated carbocycles. The van der Waals surface area contributed by atoms with Crippen LogP contribution in [0.15, 0.2) is 39.5 Å². The van der Waals surface area contributed by atoms with E-state index in [1.54, 1.807) is 24.3 Å². The van der Waals surface area contributed by atoms with E-state index in [1.807, 2.05) is 0 Å². The lowest BCUT2D eigenvalue weighted by atomic mass is 10.2. The number of benzene rings is 1. The Balaban J connectivity index is 1.37. The molecule has 1 amide bonds. The van der Waals surface area contributed by atoms with Crippen LogP contribution in [0.2, 0.25) is 0 Å². The summed E-state index contributed by atoms with van der Waals surface area (Å²) in [6.07, 6.45) is 0.911. The monoisotopic (exact) mass is 385 g/mol. The summed E-state index contributed by atoms with van der Waals surface area (Å²) in [5, 5.41) is 4.20. The lowest BCUT2D eigenvalue weighted by molar-refractivity contribution is -0.118. The number of fused-ring (bicyclic) bond motifs is 2. The van der Waals surface area contributed by atoms with Gasteiger partial charge in [0.05, 0.1) is 5.69 Å². The van der Waals surface area contributed by atoms with Gasteiger partial charge in [-0.3, -0.25) is 15.0 Å². The standard InChI is InChI=1S/C19H19N3O4S/c1-2-22-8-7-14-16(10-22)27-19(20-14)21-17(23)11-25-13-5-3-12-4-6-18(24)26-15(12)9-13/h3-6,9H,2,7-8,10-11H2,1H3,(H,20,21,23). The van der Waals surface area contributed by atoms with Gasteiger partial charge in [0.15, 0.2) is 11.7 Å². The van der Waals surface area contributed by atoms with Crippen molar-refractivity contribution in [2.24, 2.45) is 0 Å². The van der Waals surface area contributed by atoms with Crippen molar-refractivity contribution in [3.05, 3.63) is 51.3 Å². The number of carbonyl (C=O) groups excluding carboxylic acids is 1. The second kappa shape index (κ2) is 7.50. The first-order valence-electron chi connectivity index (χ1n) is 8.78. The Bertz CT molecular complexity index is 1040. The summed E-state index contributed by atoms with van der Waals surface area (Å²) in [4.78, 5) is 31.6. The van der Waals surface area contributed by atoms with E-state index in [4.69, 9.17) is 9.15 Å². The summed E-state index contributed by atoms with van der Waals surface area (Å²) in [5.74, 6) is 0.187. The van der Waals surface area contributed by atoms with Crippen LogP contribution >= 0.6 is 11.3 Å². The lowest BCUT2D eigenvalue weighted by Crippen LogP contribution is -2.29. The van der Waals surface area contributed by atoms with Crippen LogP contribution in [0, 0.1) is 0 Å². The predicted molar refractivity (Wildman–Crippen MR) is 103 cm³/mol. The zero-order valence-electron chi connectivity index (χ0n) is 14.9. The van der Waals surface area contributed by atoms with Gasteiger partial charge < -0.3 is 9.15 Å². The van der Waals surface area contributed by atoms with Crippen LogP contribution in [0.25, 0.3) is 11.0 Å². The Morgan fingerprint density at radius 2 is 2.22 bits per heavy atom. The Morgan fingerprint density at radius 3 is 3.07 bits per heavy atom. The van der Waals surface area contributed by atoms with Gasteiger partial charge in [-0.15, -0.1) is 11.3 Å². The van der Waals surface area contributed by atoms with Gasteiger partial charge in [0.1, 0.15) is 11.3 Å². The fraction of sp³-hybridized carbons (Fsp3) is 0.316. The van der Waals surface area contributed by atoms with E-state index in [1.165, 1.54) is 22.3 Å². The number of thiazole rings is 1. The van der Waals surface area contributed by atoms with E-state index >= 15 is 0 Å². The highest BCUT2D eigenvalue weighted by Crippen LogP contribution is 2.28. The molecule has 0 saturated heterocycles. The molecule has 1 N–H and O–H groups in total. The molecule has 0 unspecified atom stereocenters. The molecule has 0 aliphatic carbocycles. The van der Waals surface area contributed by atoms with Crippen molar-refractivity contribution in [3.8, 4) is 5.75 Å². The third kappa shape index (κ3) is 4.01. The van der Waals surface area contributed by atoms with Crippen LogP contribution in [0.5, 0.6) is 5.75 Å². The van der Waals surface area contributed by atoms with Crippen molar-refractivity contribution in [1.29, 1.82) is 0 Å². The predicted octanol–water partition coefficient (Wildman–Crippen LogP) is 2.65. The molecule has 27 heavy (non-hydrogen) atoms. The molecular formula is C19H19N3O4S. The molecule has 0 spiro atoms. The zero-order chi connectivity index (χ0) is 18.8. The summed E-state index contributed by atoms with van der Waals surface area (Å²) in [5.41, 5.74) is 1.07. The summed E-state index contributed by atoms with van der Waals surface area (Å²) in [7, 11) is 0. The minimum Gasteiger partial charge on any atom is -0.484 e. The topological polar surface area (TPSA) is 84.7 Å². The molecular weight excluding hydrogens is 366 g/mol. The molecule has 4 rings (SSSR count). The van der Waals surface area contributed by atoms with E-state index in [0.29, 0.717) is 16.5 Å². The van der Waals surface area contributed by atoms with Crippen molar-refractivity contribution >= 4 is 33.3 Å². The molecule has 2 aromatic heterocycles. The van der Waals surface area contributed by atoms with Crippen LogP contribution in [-0.2, 0) is 17.8 Å². The Labute approximate surface area is 159 Å². The largest absolute Gasteiger partial charge is 0.484 e. The molecule has 140 valence electrons. The zero-order valence-corrected chi connectivity index (χ0v) is 15.7. The maximum Gasteiger partial charge on any atom is 0.336 e. The van der Waals surface area contributed by atoms with Crippen molar-refractivity contribution < 1.29 is 13.9 Å². The van der Waals surface area contributed by atoms with Gasteiger partial charge in [-0.1, -0.05) is 6.92 Å². The molecule has 0 atom stereocenters. The first kappa shape index (κ1) is 17.7. The van der Waals surface area contributed by atoms with Gasteiger partial charge in [-0.05, 0) is 24.7 Å². The van der Waals surface area contributed by atoms with Crippen molar-refractivity contribution in [2.45, 2.75) is 19.9 Å². The highest BCUT2D eigenvalue weighted by atomic mass is 32.1. The molecule has 3 aromatic rings. The molecule has 1 aromatic carbocycles. The molecule has 0 fully saturated rings. The van der Waals surface area contributed by atoms with Gasteiger partial charge in [0.25, 0.3) is 5.91 Å². The average Bonchev–Trinajstić information content (AvgIpc) is 3.07. The van der Waals surface area contributed by atoms with E-state index in [2.05, 4.69) is 22.1 Å². The highest BCUT2D eigenvalue weighted by molar-refractivity contribution is 7.15. The van der Waals surface area contributed by atoms with Crippen LogP contribution in [0.1, 0.15) is 17.5 Å². The number of aromatic nitrogens is 1. The summed E-state index contributed by atoms with van der Waals surface area (Å²) < 4.78 is 10.6. The number of rotatable bonds is 5. The highest BCUT2D eigenvalue weighted by Gasteiger charge is 2.20. The first-order valence-corrected chi connectivity index (χ1v) is 9.60. The Hall–Kier alpha value is -2.71. The van der Waals surface area contributed by atoms with E-state index < -0.39 is 5.63 Å².